The van der Waals surface area contributed by atoms with Gasteiger partial charge >= 0.3 is 0 Å². The van der Waals surface area contributed by atoms with E-state index in [2.05, 4.69) is 10.9 Å². The lowest BCUT2D eigenvalue weighted by atomic mass is 10.0. The Morgan fingerprint density at radius 2 is 2.44 bits per heavy atom. The normalized spacial score (nSPS) is 19.7. The molecule has 0 aliphatic carbocycles. The molecule has 3 N–H and O–H groups in total. The van der Waals surface area contributed by atoms with Crippen LogP contribution in [0.15, 0.2) is 58.4 Å². The van der Waals surface area contributed by atoms with Crippen LogP contribution in [-0.4, -0.2) is 15.9 Å². The molecule has 0 aromatic heterocycles. The minimum Gasteiger partial charge on any atom is -0.409 e. The molecule has 2 heterocycles. The number of nitrogens with zero attached hydrogens (tertiary/aromatic N) is 2. The van der Waals surface area contributed by atoms with Crippen molar-refractivity contribution in [3.8, 4) is 0 Å². The van der Waals surface area contributed by atoms with Gasteiger partial charge in [0.15, 0.2) is 5.84 Å². The van der Waals surface area contributed by atoms with Crippen LogP contribution in [0.4, 0.5) is 0 Å². The average molecular weight is 215 g/mol. The van der Waals surface area contributed by atoms with E-state index >= 15 is 0 Å². The summed E-state index contributed by atoms with van der Waals surface area (Å²) in [6, 6.07) is 0. The molecule has 82 valence electrons. The zero-order valence-electron chi connectivity index (χ0n) is 9.01. The molecular formula is C12H13N3O. The van der Waals surface area contributed by atoms with Crippen molar-refractivity contribution in [3.63, 3.8) is 0 Å². The summed E-state index contributed by atoms with van der Waals surface area (Å²) in [4.78, 5) is 1.91. The van der Waals surface area contributed by atoms with Crippen molar-refractivity contribution in [2.24, 2.45) is 10.9 Å². The highest BCUT2D eigenvalue weighted by atomic mass is 16.4. The zero-order valence-corrected chi connectivity index (χ0v) is 9.01. The van der Waals surface area contributed by atoms with Gasteiger partial charge in [0.25, 0.3) is 0 Å². The molecule has 4 heteroatoms. The smallest absolute Gasteiger partial charge is 0.171 e. The summed E-state index contributed by atoms with van der Waals surface area (Å²) in [6.07, 6.45) is 10.6. The third kappa shape index (κ3) is 1.78. The van der Waals surface area contributed by atoms with Gasteiger partial charge in [-0.15, -0.1) is 0 Å². The highest BCUT2D eigenvalue weighted by Crippen LogP contribution is 2.23. The molecule has 0 aromatic rings. The maximum Gasteiger partial charge on any atom is 0.171 e. The summed E-state index contributed by atoms with van der Waals surface area (Å²) in [5, 5.41) is 11.7. The van der Waals surface area contributed by atoms with Gasteiger partial charge in [-0.05, 0) is 31.1 Å². The molecule has 0 saturated heterocycles. The van der Waals surface area contributed by atoms with Crippen molar-refractivity contribution < 1.29 is 5.21 Å². The Hall–Kier alpha value is -2.19. The van der Waals surface area contributed by atoms with Gasteiger partial charge in [0.2, 0.25) is 0 Å². The van der Waals surface area contributed by atoms with Crippen molar-refractivity contribution in [1.29, 1.82) is 0 Å². The summed E-state index contributed by atoms with van der Waals surface area (Å²) in [5.41, 5.74) is 11.4. The van der Waals surface area contributed by atoms with Crippen LogP contribution in [0.5, 0.6) is 0 Å². The van der Waals surface area contributed by atoms with Crippen molar-refractivity contribution >= 4 is 5.84 Å². The molecule has 0 aromatic carbocycles. The summed E-state index contributed by atoms with van der Waals surface area (Å²) < 4.78 is 0. The molecule has 2 rings (SSSR count). The van der Waals surface area contributed by atoms with Gasteiger partial charge < -0.3 is 15.8 Å². The van der Waals surface area contributed by atoms with E-state index in [4.69, 9.17) is 10.9 Å². The largest absolute Gasteiger partial charge is 0.409 e. The lowest BCUT2D eigenvalue weighted by molar-refractivity contribution is 0.318. The number of fused-ring (bicyclic) bond motifs is 1. The van der Waals surface area contributed by atoms with Crippen molar-refractivity contribution in [2.45, 2.75) is 13.3 Å². The second-order valence-corrected chi connectivity index (χ2v) is 3.62. The monoisotopic (exact) mass is 215 g/mol. The number of hydrogen-bond acceptors (Lipinski definition) is 3. The van der Waals surface area contributed by atoms with Gasteiger partial charge in [0.1, 0.15) is 0 Å². The Morgan fingerprint density at radius 3 is 3.19 bits per heavy atom. The van der Waals surface area contributed by atoms with E-state index in [1.165, 1.54) is 0 Å². The fraction of sp³-hybridized carbons (Fsp3) is 0.167. The van der Waals surface area contributed by atoms with Gasteiger partial charge in [-0.2, -0.15) is 0 Å². The fourth-order valence-corrected chi connectivity index (χ4v) is 1.64. The minimum absolute atomic E-state index is 0.120. The predicted molar refractivity (Wildman–Crippen MR) is 62.4 cm³/mol. The van der Waals surface area contributed by atoms with Crippen LogP contribution in [-0.2, 0) is 0 Å². The molecule has 0 saturated carbocycles. The van der Waals surface area contributed by atoms with Crippen LogP contribution >= 0.6 is 0 Å². The second-order valence-electron chi connectivity index (χ2n) is 3.62. The van der Waals surface area contributed by atoms with Gasteiger partial charge in [0, 0.05) is 18.0 Å². The fourth-order valence-electron chi connectivity index (χ4n) is 1.64. The Bertz CT molecular complexity index is 488. The molecule has 0 unspecified atom stereocenters. The molecular weight excluding hydrogens is 202 g/mol. The third-order valence-electron chi connectivity index (χ3n) is 2.48. The first-order valence-electron chi connectivity index (χ1n) is 5.01. The molecule has 4 nitrogen and oxygen atoms in total. The van der Waals surface area contributed by atoms with E-state index in [1.807, 2.05) is 42.5 Å². The Morgan fingerprint density at radius 1 is 1.62 bits per heavy atom. The lowest BCUT2D eigenvalue weighted by Gasteiger charge is -2.22. The van der Waals surface area contributed by atoms with Crippen molar-refractivity contribution in [3.05, 3.63) is 53.2 Å². The maximum absolute atomic E-state index is 8.69. The van der Waals surface area contributed by atoms with Crippen molar-refractivity contribution in [2.75, 3.05) is 0 Å². The van der Waals surface area contributed by atoms with E-state index in [1.54, 1.807) is 0 Å². The molecule has 0 spiro atoms. The molecule has 0 amide bonds. The van der Waals surface area contributed by atoms with E-state index in [0.717, 1.165) is 23.3 Å². The average Bonchev–Trinajstić information content (AvgIpc) is 2.51. The number of hydrogen-bond donors (Lipinski definition) is 2. The first-order chi connectivity index (χ1) is 7.72. The van der Waals surface area contributed by atoms with Crippen molar-refractivity contribution in [1.82, 2.24) is 4.90 Å². The Labute approximate surface area is 94.0 Å². The van der Waals surface area contributed by atoms with Gasteiger partial charge in [-0.1, -0.05) is 17.0 Å². The lowest BCUT2D eigenvalue weighted by Crippen LogP contribution is -2.22. The Kier molecular flexibility index (Phi) is 2.66. The summed E-state index contributed by atoms with van der Waals surface area (Å²) in [6.45, 7) is 1.92. The molecule has 2 aliphatic rings. The van der Waals surface area contributed by atoms with Crippen LogP contribution in [0, 0.1) is 0 Å². The number of rotatable bonds is 1. The van der Waals surface area contributed by atoms with Crippen LogP contribution in [0.3, 0.4) is 0 Å². The summed E-state index contributed by atoms with van der Waals surface area (Å²) in [7, 11) is 0. The molecule has 0 fully saturated rings. The second kappa shape index (κ2) is 4.13. The quantitative estimate of drug-likeness (QED) is 0.231. The predicted octanol–water partition coefficient (Wildman–Crippen LogP) is 1.84. The van der Waals surface area contributed by atoms with Gasteiger partial charge in [-0.25, -0.2) is 0 Å². The van der Waals surface area contributed by atoms with Gasteiger partial charge in [-0.3, -0.25) is 0 Å². The number of amidine groups is 1. The van der Waals surface area contributed by atoms with Crippen LogP contribution in [0.25, 0.3) is 0 Å². The van der Waals surface area contributed by atoms with Crippen LogP contribution in [0.1, 0.15) is 13.3 Å². The Balaban J connectivity index is 2.47. The molecule has 2 aliphatic heterocycles. The van der Waals surface area contributed by atoms with E-state index in [0.29, 0.717) is 0 Å². The third-order valence-corrected chi connectivity index (χ3v) is 2.48. The van der Waals surface area contributed by atoms with Crippen LogP contribution < -0.4 is 5.73 Å². The number of allylic oxidation sites excluding steroid dienone is 2. The molecule has 0 bridgehead atoms. The van der Waals surface area contributed by atoms with Gasteiger partial charge in [0.05, 0.1) is 5.70 Å². The first kappa shape index (κ1) is 10.3. The highest BCUT2D eigenvalue weighted by Gasteiger charge is 2.16. The van der Waals surface area contributed by atoms with E-state index in [-0.39, 0.29) is 5.84 Å². The maximum atomic E-state index is 8.69. The summed E-state index contributed by atoms with van der Waals surface area (Å²) in [5.74, 6) is 0.120. The van der Waals surface area contributed by atoms with Crippen LogP contribution in [0.2, 0.25) is 0 Å². The highest BCUT2D eigenvalue weighted by molar-refractivity contribution is 6.00. The minimum atomic E-state index is 0.120. The van der Waals surface area contributed by atoms with E-state index in [9.17, 15) is 0 Å². The number of nitrogens with two attached hydrogens (primary N) is 1. The summed E-state index contributed by atoms with van der Waals surface area (Å²) >= 11 is 0. The first-order valence-corrected chi connectivity index (χ1v) is 5.01. The zero-order chi connectivity index (χ0) is 11.5. The molecule has 16 heavy (non-hydrogen) atoms. The standard InChI is InChI=1S/C12H13N3O/c1-9-7-10-5-3-2-4-6-15(10)8-11(9)12(13)14-16/h3-4,6-8,16H,2H2,1H3,(H2,13,14). The molecule has 0 radical (unpaired) electrons. The number of oxime groups is 1. The SMILES string of the molecule is CC1=CC2=C=CCC=CN2C=C1/C(N)=N/O. The topological polar surface area (TPSA) is 61.8 Å². The van der Waals surface area contributed by atoms with E-state index < -0.39 is 0 Å². The molecule has 0 atom stereocenters.